The molecular weight excluding hydrogens is 350 g/mol. The first-order valence-electron chi connectivity index (χ1n) is 9.31. The molecule has 28 heavy (non-hydrogen) atoms. The van der Waals surface area contributed by atoms with Gasteiger partial charge in [0.25, 0.3) is 0 Å². The lowest BCUT2D eigenvalue weighted by Crippen LogP contribution is -2.26. The number of allylic oxidation sites excluding steroid dienone is 1. The third kappa shape index (κ3) is 5.63. The summed E-state index contributed by atoms with van der Waals surface area (Å²) in [5.74, 6) is 2.24. The molecule has 2 N–H and O–H groups in total. The molecule has 3 aromatic rings. The van der Waals surface area contributed by atoms with Crippen molar-refractivity contribution >= 4 is 5.69 Å². The van der Waals surface area contributed by atoms with Gasteiger partial charge in [-0.25, -0.2) is 0 Å². The fraction of sp³-hybridized carbons (Fsp3) is 0.167. The Morgan fingerprint density at radius 3 is 2.36 bits per heavy atom. The third-order valence-corrected chi connectivity index (χ3v) is 4.15. The van der Waals surface area contributed by atoms with E-state index in [2.05, 4.69) is 11.9 Å². The van der Waals surface area contributed by atoms with E-state index >= 15 is 0 Å². The van der Waals surface area contributed by atoms with Crippen molar-refractivity contribution in [2.45, 2.75) is 12.5 Å². The maximum Gasteiger partial charge on any atom is 0.150 e. The first kappa shape index (κ1) is 19.5. The number of hydrogen-bond donors (Lipinski definition) is 2. The van der Waals surface area contributed by atoms with E-state index < -0.39 is 6.10 Å². The van der Waals surface area contributed by atoms with Gasteiger partial charge in [-0.3, -0.25) is 0 Å². The summed E-state index contributed by atoms with van der Waals surface area (Å²) in [6, 6.07) is 25.1. The Morgan fingerprint density at radius 1 is 0.893 bits per heavy atom. The van der Waals surface area contributed by atoms with Crippen LogP contribution in [0.3, 0.4) is 0 Å². The van der Waals surface area contributed by atoms with Crippen molar-refractivity contribution in [2.24, 2.45) is 0 Å². The van der Waals surface area contributed by atoms with Crippen LogP contribution in [0.4, 0.5) is 5.69 Å². The lowest BCUT2D eigenvalue weighted by molar-refractivity contribution is 0.117. The van der Waals surface area contributed by atoms with Crippen LogP contribution in [0.2, 0.25) is 0 Å². The number of benzene rings is 3. The second kappa shape index (κ2) is 10.2. The molecule has 0 amide bonds. The lowest BCUT2D eigenvalue weighted by atomic mass is 10.1. The highest BCUT2D eigenvalue weighted by Gasteiger charge is 2.10. The van der Waals surface area contributed by atoms with Crippen LogP contribution in [0.25, 0.3) is 0 Å². The predicted molar refractivity (Wildman–Crippen MR) is 113 cm³/mol. The van der Waals surface area contributed by atoms with Gasteiger partial charge in [0, 0.05) is 6.54 Å². The van der Waals surface area contributed by atoms with Crippen LogP contribution < -0.4 is 14.8 Å². The monoisotopic (exact) mass is 375 g/mol. The predicted octanol–water partition coefficient (Wildman–Crippen LogP) is 5.06. The number of anilines is 1. The molecule has 0 saturated carbocycles. The van der Waals surface area contributed by atoms with Gasteiger partial charge in [0.05, 0.1) is 5.69 Å². The van der Waals surface area contributed by atoms with Gasteiger partial charge in [-0.15, -0.1) is 6.58 Å². The van der Waals surface area contributed by atoms with Crippen molar-refractivity contribution in [2.75, 3.05) is 18.5 Å². The quantitative estimate of drug-likeness (QED) is 0.486. The fourth-order valence-electron chi connectivity index (χ4n) is 2.76. The molecule has 1 unspecified atom stereocenters. The average molecular weight is 375 g/mol. The summed E-state index contributed by atoms with van der Waals surface area (Å²) in [6.07, 6.45) is 1.90. The summed E-state index contributed by atoms with van der Waals surface area (Å²) < 4.78 is 11.7. The lowest BCUT2D eigenvalue weighted by Gasteiger charge is -2.17. The normalized spacial score (nSPS) is 11.5. The maximum atomic E-state index is 10.3. The number of rotatable bonds is 10. The Balaban J connectivity index is 1.55. The first-order chi connectivity index (χ1) is 13.8. The zero-order valence-electron chi connectivity index (χ0n) is 15.8. The van der Waals surface area contributed by atoms with Gasteiger partial charge in [0.15, 0.2) is 5.75 Å². The van der Waals surface area contributed by atoms with Crippen molar-refractivity contribution in [3.05, 3.63) is 97.1 Å². The summed E-state index contributed by atoms with van der Waals surface area (Å²) in [5, 5.41) is 13.6. The first-order valence-corrected chi connectivity index (χ1v) is 9.31. The average Bonchev–Trinajstić information content (AvgIpc) is 2.73. The zero-order valence-corrected chi connectivity index (χ0v) is 15.8. The minimum Gasteiger partial charge on any atom is -0.491 e. The number of aliphatic hydroxyl groups is 1. The Hall–Kier alpha value is -3.24. The Bertz CT molecular complexity index is 880. The van der Waals surface area contributed by atoms with E-state index in [4.69, 9.17) is 9.47 Å². The summed E-state index contributed by atoms with van der Waals surface area (Å²) in [6.45, 7) is 4.31. The maximum absolute atomic E-state index is 10.3. The Kier molecular flexibility index (Phi) is 7.10. The van der Waals surface area contributed by atoms with Crippen molar-refractivity contribution in [1.29, 1.82) is 0 Å². The van der Waals surface area contributed by atoms with Gasteiger partial charge in [0.1, 0.15) is 24.2 Å². The Morgan fingerprint density at radius 2 is 1.57 bits per heavy atom. The molecular formula is C24H25NO3. The molecule has 0 heterocycles. The molecule has 0 spiro atoms. The molecule has 0 radical (unpaired) electrons. The molecule has 1 atom stereocenters. The number of hydrogen-bond acceptors (Lipinski definition) is 4. The van der Waals surface area contributed by atoms with Crippen LogP contribution in [0.5, 0.6) is 17.2 Å². The van der Waals surface area contributed by atoms with Gasteiger partial charge in [-0.2, -0.15) is 0 Å². The van der Waals surface area contributed by atoms with Crippen molar-refractivity contribution in [3.63, 3.8) is 0 Å². The fourth-order valence-corrected chi connectivity index (χ4v) is 2.76. The van der Waals surface area contributed by atoms with E-state index in [0.29, 0.717) is 12.3 Å². The molecule has 3 rings (SSSR count). The van der Waals surface area contributed by atoms with Crippen LogP contribution in [0, 0.1) is 0 Å². The van der Waals surface area contributed by atoms with Gasteiger partial charge < -0.3 is 19.9 Å². The minimum atomic E-state index is -0.665. The van der Waals surface area contributed by atoms with Gasteiger partial charge in [-0.1, -0.05) is 54.6 Å². The van der Waals surface area contributed by atoms with E-state index in [-0.39, 0.29) is 6.61 Å². The standard InChI is InChI=1S/C24H25NO3/c1-2-10-19-11-6-8-15-23(19)27-18-20(26)17-25-22-14-7-9-16-24(22)28-21-12-4-3-5-13-21/h2-9,11-16,20,25-26H,1,10,17-18H2. The molecule has 0 aliphatic carbocycles. The largest absolute Gasteiger partial charge is 0.491 e. The number of ether oxygens (including phenoxy) is 2. The molecule has 144 valence electrons. The van der Waals surface area contributed by atoms with Crippen molar-refractivity contribution in [3.8, 4) is 17.2 Å². The molecule has 4 nitrogen and oxygen atoms in total. The van der Waals surface area contributed by atoms with Crippen LogP contribution >= 0.6 is 0 Å². The smallest absolute Gasteiger partial charge is 0.150 e. The second-order valence-corrected chi connectivity index (χ2v) is 6.36. The second-order valence-electron chi connectivity index (χ2n) is 6.36. The van der Waals surface area contributed by atoms with Crippen molar-refractivity contribution < 1.29 is 14.6 Å². The summed E-state index contributed by atoms with van der Waals surface area (Å²) >= 11 is 0. The van der Waals surface area contributed by atoms with Gasteiger partial charge >= 0.3 is 0 Å². The SMILES string of the molecule is C=CCc1ccccc1OCC(O)CNc1ccccc1Oc1ccccc1. The van der Waals surface area contributed by atoms with Crippen LogP contribution in [0.15, 0.2) is 91.5 Å². The summed E-state index contributed by atoms with van der Waals surface area (Å²) in [7, 11) is 0. The highest BCUT2D eigenvalue weighted by molar-refractivity contribution is 5.57. The van der Waals surface area contributed by atoms with E-state index in [1.807, 2.05) is 84.9 Å². The minimum absolute atomic E-state index is 0.197. The van der Waals surface area contributed by atoms with Crippen LogP contribution in [-0.2, 0) is 6.42 Å². The molecule has 3 aromatic carbocycles. The Labute approximate surface area is 166 Å². The topological polar surface area (TPSA) is 50.7 Å². The molecule has 0 aliphatic rings. The molecule has 0 aromatic heterocycles. The number of para-hydroxylation sites is 4. The number of nitrogens with one attached hydrogen (secondary N) is 1. The molecule has 4 heteroatoms. The van der Waals surface area contributed by atoms with Gasteiger partial charge in [-0.05, 0) is 42.3 Å². The molecule has 0 saturated heterocycles. The van der Waals surface area contributed by atoms with E-state index in [9.17, 15) is 5.11 Å². The summed E-state index contributed by atoms with van der Waals surface area (Å²) in [4.78, 5) is 0. The highest BCUT2D eigenvalue weighted by Crippen LogP contribution is 2.29. The van der Waals surface area contributed by atoms with E-state index in [1.54, 1.807) is 0 Å². The van der Waals surface area contributed by atoms with E-state index in [0.717, 1.165) is 29.2 Å². The molecule has 0 aliphatic heterocycles. The van der Waals surface area contributed by atoms with Crippen molar-refractivity contribution in [1.82, 2.24) is 0 Å². The summed E-state index contributed by atoms with van der Waals surface area (Å²) in [5.41, 5.74) is 1.87. The highest BCUT2D eigenvalue weighted by atomic mass is 16.5. The zero-order chi connectivity index (χ0) is 19.6. The molecule has 0 bridgehead atoms. The van der Waals surface area contributed by atoms with Gasteiger partial charge in [0.2, 0.25) is 0 Å². The van der Waals surface area contributed by atoms with E-state index in [1.165, 1.54) is 0 Å². The molecule has 0 fully saturated rings. The number of aliphatic hydroxyl groups excluding tert-OH is 1. The van der Waals surface area contributed by atoms with Crippen LogP contribution in [-0.4, -0.2) is 24.4 Å². The van der Waals surface area contributed by atoms with Crippen LogP contribution in [0.1, 0.15) is 5.56 Å². The third-order valence-electron chi connectivity index (χ3n) is 4.15.